The molecule has 1 atom stereocenters. The third-order valence-electron chi connectivity index (χ3n) is 4.75. The van der Waals surface area contributed by atoms with Crippen LogP contribution in [0.4, 0.5) is 0 Å². The molecule has 2 aromatic carbocycles. The second-order valence-corrected chi connectivity index (χ2v) is 7.36. The predicted octanol–water partition coefficient (Wildman–Crippen LogP) is 4.12. The minimum absolute atomic E-state index is 0.0862. The molecule has 0 radical (unpaired) electrons. The molecule has 0 bridgehead atoms. The highest BCUT2D eigenvalue weighted by molar-refractivity contribution is 6.30. The van der Waals surface area contributed by atoms with E-state index in [1.807, 2.05) is 31.2 Å². The Kier molecular flexibility index (Phi) is 6.93. The fraction of sp³-hybridized carbons (Fsp3) is 0.364. The highest BCUT2D eigenvalue weighted by Gasteiger charge is 2.29. The SMILES string of the molecule is Cc1ccc(OCCOC(=O)[C@@H]2CCCN(C(=O)c3ccc(Cl)cc3)C2)cc1. The van der Waals surface area contributed by atoms with Crippen LogP contribution in [-0.4, -0.2) is 43.1 Å². The zero-order valence-electron chi connectivity index (χ0n) is 15.9. The number of nitrogens with zero attached hydrogens (tertiary/aromatic N) is 1. The molecule has 0 N–H and O–H groups in total. The van der Waals surface area contributed by atoms with E-state index in [1.165, 1.54) is 0 Å². The molecule has 5 nitrogen and oxygen atoms in total. The quantitative estimate of drug-likeness (QED) is 0.539. The number of benzene rings is 2. The minimum Gasteiger partial charge on any atom is -0.490 e. The number of rotatable bonds is 6. The lowest BCUT2D eigenvalue weighted by Gasteiger charge is -2.31. The summed E-state index contributed by atoms with van der Waals surface area (Å²) in [5, 5.41) is 0.588. The molecule has 1 aliphatic heterocycles. The number of amides is 1. The summed E-state index contributed by atoms with van der Waals surface area (Å²) in [6.45, 7) is 3.51. The Hall–Kier alpha value is -2.53. The molecular formula is C22H24ClNO4. The Morgan fingerprint density at radius 1 is 1.07 bits per heavy atom. The van der Waals surface area contributed by atoms with Gasteiger partial charge in [0.2, 0.25) is 0 Å². The molecule has 6 heteroatoms. The lowest BCUT2D eigenvalue weighted by atomic mass is 9.97. The first-order valence-electron chi connectivity index (χ1n) is 9.44. The summed E-state index contributed by atoms with van der Waals surface area (Å²) in [6, 6.07) is 14.5. The molecule has 0 spiro atoms. The molecular weight excluding hydrogens is 378 g/mol. The molecule has 1 saturated heterocycles. The molecule has 1 amide bonds. The van der Waals surface area contributed by atoms with Crippen LogP contribution in [0.1, 0.15) is 28.8 Å². The second-order valence-electron chi connectivity index (χ2n) is 6.93. The molecule has 28 heavy (non-hydrogen) atoms. The Labute approximate surface area is 170 Å². The third-order valence-corrected chi connectivity index (χ3v) is 5.00. The van der Waals surface area contributed by atoms with Gasteiger partial charge in [-0.25, -0.2) is 0 Å². The van der Waals surface area contributed by atoms with Gasteiger partial charge in [-0.15, -0.1) is 0 Å². The van der Waals surface area contributed by atoms with Gasteiger partial charge in [0.1, 0.15) is 19.0 Å². The first kappa shape index (κ1) is 20.2. The molecule has 1 fully saturated rings. The Bertz CT molecular complexity index is 804. The van der Waals surface area contributed by atoms with Crippen LogP contribution in [0, 0.1) is 12.8 Å². The van der Waals surface area contributed by atoms with Crippen molar-refractivity contribution in [3.63, 3.8) is 0 Å². The van der Waals surface area contributed by atoms with E-state index in [2.05, 4.69) is 0 Å². The summed E-state index contributed by atoms with van der Waals surface area (Å²) in [7, 11) is 0. The number of piperidine rings is 1. The fourth-order valence-electron chi connectivity index (χ4n) is 3.18. The number of carbonyl (C=O) groups excluding carboxylic acids is 2. The van der Waals surface area contributed by atoms with Crippen LogP contribution < -0.4 is 4.74 Å². The number of aryl methyl sites for hydroxylation is 1. The lowest BCUT2D eigenvalue weighted by Crippen LogP contribution is -2.43. The van der Waals surface area contributed by atoms with Gasteiger partial charge < -0.3 is 14.4 Å². The van der Waals surface area contributed by atoms with Gasteiger partial charge in [-0.3, -0.25) is 9.59 Å². The third kappa shape index (κ3) is 5.49. The first-order chi connectivity index (χ1) is 13.5. The van der Waals surface area contributed by atoms with Gasteiger partial charge in [0.25, 0.3) is 5.91 Å². The monoisotopic (exact) mass is 401 g/mol. The maximum atomic E-state index is 12.6. The topological polar surface area (TPSA) is 55.8 Å². The standard InChI is InChI=1S/C22H24ClNO4/c1-16-4-10-20(11-5-16)27-13-14-28-22(26)18-3-2-12-24(15-18)21(25)17-6-8-19(23)9-7-17/h4-11,18H,2-3,12-15H2,1H3/t18-/m1/s1. The van der Waals surface area contributed by atoms with Gasteiger partial charge in [0.05, 0.1) is 5.92 Å². The fourth-order valence-corrected chi connectivity index (χ4v) is 3.31. The van der Waals surface area contributed by atoms with Gasteiger partial charge in [0.15, 0.2) is 0 Å². The average Bonchev–Trinajstić information content (AvgIpc) is 2.72. The van der Waals surface area contributed by atoms with Crippen LogP contribution in [0.2, 0.25) is 5.02 Å². The molecule has 0 aliphatic carbocycles. The molecule has 3 rings (SSSR count). The van der Waals surface area contributed by atoms with E-state index in [4.69, 9.17) is 21.1 Å². The Morgan fingerprint density at radius 3 is 2.50 bits per heavy atom. The molecule has 2 aromatic rings. The van der Waals surface area contributed by atoms with E-state index in [1.54, 1.807) is 29.2 Å². The molecule has 1 aliphatic rings. The van der Waals surface area contributed by atoms with Gasteiger partial charge in [0, 0.05) is 23.7 Å². The summed E-state index contributed by atoms with van der Waals surface area (Å²) in [5.41, 5.74) is 1.73. The molecule has 0 aromatic heterocycles. The van der Waals surface area contributed by atoms with E-state index < -0.39 is 0 Å². The van der Waals surface area contributed by atoms with Crippen molar-refractivity contribution in [3.8, 4) is 5.75 Å². The molecule has 1 heterocycles. The number of hydrogen-bond acceptors (Lipinski definition) is 4. The van der Waals surface area contributed by atoms with Crippen LogP contribution in [0.25, 0.3) is 0 Å². The maximum Gasteiger partial charge on any atom is 0.310 e. The van der Waals surface area contributed by atoms with Crippen LogP contribution in [0.5, 0.6) is 5.75 Å². The van der Waals surface area contributed by atoms with Gasteiger partial charge in [-0.2, -0.15) is 0 Å². The van der Waals surface area contributed by atoms with Gasteiger partial charge in [-0.1, -0.05) is 29.3 Å². The van der Waals surface area contributed by atoms with Crippen molar-refractivity contribution in [3.05, 3.63) is 64.7 Å². The Morgan fingerprint density at radius 2 is 1.79 bits per heavy atom. The zero-order chi connectivity index (χ0) is 19.9. The molecule has 0 saturated carbocycles. The summed E-state index contributed by atoms with van der Waals surface area (Å²) >= 11 is 5.88. The van der Waals surface area contributed by atoms with Gasteiger partial charge >= 0.3 is 5.97 Å². The van der Waals surface area contributed by atoms with Crippen LogP contribution in [-0.2, 0) is 9.53 Å². The average molecular weight is 402 g/mol. The first-order valence-corrected chi connectivity index (χ1v) is 9.81. The lowest BCUT2D eigenvalue weighted by molar-refractivity contribution is -0.150. The summed E-state index contributed by atoms with van der Waals surface area (Å²) < 4.78 is 10.9. The van der Waals surface area contributed by atoms with E-state index >= 15 is 0 Å². The maximum absolute atomic E-state index is 12.6. The van der Waals surface area contributed by atoms with Crippen molar-refractivity contribution in [2.24, 2.45) is 5.92 Å². The van der Waals surface area contributed by atoms with E-state index in [-0.39, 0.29) is 24.4 Å². The second kappa shape index (κ2) is 9.60. The van der Waals surface area contributed by atoms with Crippen molar-refractivity contribution in [2.75, 3.05) is 26.3 Å². The largest absolute Gasteiger partial charge is 0.490 e. The summed E-state index contributed by atoms with van der Waals surface area (Å²) in [6.07, 6.45) is 1.50. The highest BCUT2D eigenvalue weighted by Crippen LogP contribution is 2.21. The highest BCUT2D eigenvalue weighted by atomic mass is 35.5. The van der Waals surface area contributed by atoms with Crippen LogP contribution >= 0.6 is 11.6 Å². The minimum atomic E-state index is -0.302. The smallest absolute Gasteiger partial charge is 0.310 e. The van der Waals surface area contributed by atoms with Crippen molar-refractivity contribution in [1.29, 1.82) is 0 Å². The number of esters is 1. The van der Waals surface area contributed by atoms with Crippen molar-refractivity contribution < 1.29 is 19.1 Å². The number of halogens is 1. The number of likely N-dealkylation sites (tertiary alicyclic amines) is 1. The molecule has 148 valence electrons. The van der Waals surface area contributed by atoms with Crippen molar-refractivity contribution >= 4 is 23.5 Å². The van der Waals surface area contributed by atoms with Crippen molar-refractivity contribution in [2.45, 2.75) is 19.8 Å². The van der Waals surface area contributed by atoms with E-state index in [9.17, 15) is 9.59 Å². The summed E-state index contributed by atoms with van der Waals surface area (Å²) in [5.74, 6) is 0.0846. The summed E-state index contributed by atoms with van der Waals surface area (Å²) in [4.78, 5) is 26.7. The van der Waals surface area contributed by atoms with Crippen LogP contribution in [0.15, 0.2) is 48.5 Å². The van der Waals surface area contributed by atoms with Crippen molar-refractivity contribution in [1.82, 2.24) is 4.90 Å². The number of hydrogen-bond donors (Lipinski definition) is 0. The van der Waals surface area contributed by atoms with E-state index in [0.717, 1.165) is 24.2 Å². The van der Waals surface area contributed by atoms with E-state index in [0.29, 0.717) is 30.3 Å². The molecule has 0 unspecified atom stereocenters. The Balaban J connectivity index is 1.45. The van der Waals surface area contributed by atoms with Crippen LogP contribution in [0.3, 0.4) is 0 Å². The normalized spacial score (nSPS) is 16.5. The number of carbonyl (C=O) groups is 2. The van der Waals surface area contributed by atoms with Gasteiger partial charge in [-0.05, 0) is 56.2 Å². The predicted molar refractivity (Wildman–Crippen MR) is 108 cm³/mol. The zero-order valence-corrected chi connectivity index (χ0v) is 16.7. The number of ether oxygens (including phenoxy) is 2.